The van der Waals surface area contributed by atoms with Crippen LogP contribution in [0, 0.1) is 5.41 Å². The number of halogens is 2. The van der Waals surface area contributed by atoms with Crippen molar-refractivity contribution in [2.24, 2.45) is 5.41 Å². The summed E-state index contributed by atoms with van der Waals surface area (Å²) in [7, 11) is 0. The molecule has 0 radical (unpaired) electrons. The van der Waals surface area contributed by atoms with Crippen LogP contribution in [0.25, 0.3) is 0 Å². The van der Waals surface area contributed by atoms with Gasteiger partial charge in [0.15, 0.2) is 0 Å². The topological polar surface area (TPSA) is 16.1 Å². The van der Waals surface area contributed by atoms with Crippen LogP contribution < -0.4 is 4.90 Å². The van der Waals surface area contributed by atoms with E-state index in [2.05, 4.69) is 32.7 Å². The maximum atomic E-state index is 5.98. The predicted molar refractivity (Wildman–Crippen MR) is 67.6 cm³/mol. The molecule has 1 saturated heterocycles. The van der Waals surface area contributed by atoms with E-state index in [4.69, 9.17) is 11.6 Å². The summed E-state index contributed by atoms with van der Waals surface area (Å²) in [6.07, 6.45) is 2.97. The number of hydrogen-bond donors (Lipinski definition) is 0. The van der Waals surface area contributed by atoms with E-state index in [9.17, 15) is 0 Å². The molecule has 1 aliphatic rings. The van der Waals surface area contributed by atoms with Crippen molar-refractivity contribution in [1.82, 2.24) is 4.98 Å². The van der Waals surface area contributed by atoms with Gasteiger partial charge in [-0.25, -0.2) is 4.98 Å². The van der Waals surface area contributed by atoms with Crippen molar-refractivity contribution in [1.29, 1.82) is 0 Å². The second-order valence-electron chi connectivity index (χ2n) is 4.42. The van der Waals surface area contributed by atoms with Crippen LogP contribution in [0.1, 0.15) is 13.3 Å². The zero-order chi connectivity index (χ0) is 10.9. The summed E-state index contributed by atoms with van der Waals surface area (Å²) in [4.78, 5) is 6.69. The summed E-state index contributed by atoms with van der Waals surface area (Å²) in [6.45, 7) is 4.27. The smallest absolute Gasteiger partial charge is 0.142 e. The Kier molecular flexibility index (Phi) is 3.21. The largest absolute Gasteiger partial charge is 0.355 e. The van der Waals surface area contributed by atoms with Gasteiger partial charge in [-0.15, -0.1) is 11.6 Å². The zero-order valence-electron chi connectivity index (χ0n) is 8.71. The minimum Gasteiger partial charge on any atom is -0.355 e. The third kappa shape index (κ3) is 2.28. The molecule has 1 fully saturated rings. The van der Waals surface area contributed by atoms with Crippen LogP contribution in [-0.2, 0) is 0 Å². The van der Waals surface area contributed by atoms with Crippen molar-refractivity contribution < 1.29 is 0 Å². The van der Waals surface area contributed by atoms with Gasteiger partial charge in [-0.1, -0.05) is 6.92 Å². The highest BCUT2D eigenvalue weighted by Crippen LogP contribution is 2.35. The maximum Gasteiger partial charge on any atom is 0.142 e. The second kappa shape index (κ2) is 4.30. The van der Waals surface area contributed by atoms with Gasteiger partial charge in [-0.05, 0) is 34.5 Å². The lowest BCUT2D eigenvalue weighted by molar-refractivity contribution is 0.425. The average molecular weight is 290 g/mol. The van der Waals surface area contributed by atoms with E-state index in [0.29, 0.717) is 5.88 Å². The van der Waals surface area contributed by atoms with Crippen LogP contribution in [-0.4, -0.2) is 24.0 Å². The van der Waals surface area contributed by atoms with Gasteiger partial charge in [0.05, 0.1) is 4.47 Å². The summed E-state index contributed by atoms with van der Waals surface area (Å²) >= 11 is 9.51. The third-order valence-electron chi connectivity index (χ3n) is 2.92. The lowest BCUT2D eigenvalue weighted by atomic mass is 9.93. The van der Waals surface area contributed by atoms with Crippen molar-refractivity contribution in [3.8, 4) is 0 Å². The summed E-state index contributed by atoms with van der Waals surface area (Å²) in [5, 5.41) is 0. The lowest BCUT2D eigenvalue weighted by Crippen LogP contribution is -2.26. The van der Waals surface area contributed by atoms with Crippen molar-refractivity contribution in [2.75, 3.05) is 23.9 Å². The fraction of sp³-hybridized carbons (Fsp3) is 0.545. The van der Waals surface area contributed by atoms with Gasteiger partial charge in [0.2, 0.25) is 0 Å². The fourth-order valence-corrected chi connectivity index (χ4v) is 2.65. The molecule has 0 aromatic carbocycles. The number of hydrogen-bond acceptors (Lipinski definition) is 2. The molecule has 1 atom stereocenters. The Hall–Kier alpha value is -0.280. The third-order valence-corrected chi connectivity index (χ3v) is 4.18. The first-order valence-corrected chi connectivity index (χ1v) is 6.39. The highest BCUT2D eigenvalue weighted by Gasteiger charge is 2.34. The predicted octanol–water partition coefficient (Wildman–Crippen LogP) is 3.30. The van der Waals surface area contributed by atoms with Gasteiger partial charge in [-0.2, -0.15) is 0 Å². The number of nitrogens with zero attached hydrogens (tertiary/aromatic N) is 2. The van der Waals surface area contributed by atoms with Gasteiger partial charge >= 0.3 is 0 Å². The van der Waals surface area contributed by atoms with E-state index < -0.39 is 0 Å². The summed E-state index contributed by atoms with van der Waals surface area (Å²) in [5.74, 6) is 1.75. The molecule has 1 unspecified atom stereocenters. The molecule has 0 spiro atoms. The Morgan fingerprint density at radius 1 is 1.67 bits per heavy atom. The molecule has 0 N–H and O–H groups in total. The first-order chi connectivity index (χ1) is 7.14. The minimum absolute atomic E-state index is 0.235. The number of rotatable bonds is 2. The van der Waals surface area contributed by atoms with E-state index in [-0.39, 0.29) is 5.41 Å². The molecule has 1 aliphatic heterocycles. The summed E-state index contributed by atoms with van der Waals surface area (Å²) in [6, 6.07) is 3.96. The van der Waals surface area contributed by atoms with Crippen molar-refractivity contribution in [2.45, 2.75) is 13.3 Å². The van der Waals surface area contributed by atoms with Gasteiger partial charge < -0.3 is 4.90 Å². The number of alkyl halides is 1. The molecule has 1 aromatic rings. The summed E-state index contributed by atoms with van der Waals surface area (Å²) < 4.78 is 1.06. The number of anilines is 1. The molecule has 2 nitrogen and oxygen atoms in total. The Labute approximate surface area is 104 Å². The Balaban J connectivity index is 2.18. The molecular formula is C11H14BrClN2. The molecule has 0 saturated carbocycles. The molecule has 82 valence electrons. The van der Waals surface area contributed by atoms with E-state index >= 15 is 0 Å². The fourth-order valence-electron chi connectivity index (χ4n) is 1.92. The van der Waals surface area contributed by atoms with Crippen molar-refractivity contribution in [3.05, 3.63) is 22.8 Å². The average Bonchev–Trinajstić information content (AvgIpc) is 2.63. The SMILES string of the molecule is CC1(CCl)CCN(c2ncccc2Br)C1. The molecule has 0 aliphatic carbocycles. The van der Waals surface area contributed by atoms with Crippen LogP contribution in [0.5, 0.6) is 0 Å². The second-order valence-corrected chi connectivity index (χ2v) is 5.55. The van der Waals surface area contributed by atoms with Crippen LogP contribution >= 0.6 is 27.5 Å². The van der Waals surface area contributed by atoms with Gasteiger partial charge in [0.25, 0.3) is 0 Å². The molecular weight excluding hydrogens is 275 g/mol. The van der Waals surface area contributed by atoms with Crippen molar-refractivity contribution >= 4 is 33.3 Å². The Morgan fingerprint density at radius 3 is 3.07 bits per heavy atom. The minimum atomic E-state index is 0.235. The van der Waals surface area contributed by atoms with E-state index in [1.807, 2.05) is 18.3 Å². The van der Waals surface area contributed by atoms with Crippen LogP contribution in [0.15, 0.2) is 22.8 Å². The number of pyridine rings is 1. The van der Waals surface area contributed by atoms with E-state index in [1.165, 1.54) is 0 Å². The molecule has 2 rings (SSSR count). The van der Waals surface area contributed by atoms with Crippen LogP contribution in [0.2, 0.25) is 0 Å². The van der Waals surface area contributed by atoms with E-state index in [1.54, 1.807) is 0 Å². The molecule has 0 bridgehead atoms. The maximum absolute atomic E-state index is 5.98. The Morgan fingerprint density at radius 2 is 2.47 bits per heavy atom. The highest BCUT2D eigenvalue weighted by molar-refractivity contribution is 9.10. The standard InChI is InChI=1S/C11H14BrClN2/c1-11(7-13)4-6-15(8-11)10-9(12)3-2-5-14-10/h2-3,5H,4,6-8H2,1H3. The molecule has 4 heteroatoms. The quantitative estimate of drug-likeness (QED) is 0.777. The normalized spacial score (nSPS) is 25.9. The van der Waals surface area contributed by atoms with Gasteiger partial charge in [0.1, 0.15) is 5.82 Å². The van der Waals surface area contributed by atoms with Crippen LogP contribution in [0.4, 0.5) is 5.82 Å². The monoisotopic (exact) mass is 288 g/mol. The first-order valence-electron chi connectivity index (χ1n) is 5.06. The zero-order valence-corrected chi connectivity index (χ0v) is 11.1. The first kappa shape index (κ1) is 11.2. The Bertz CT molecular complexity index is 358. The molecule has 15 heavy (non-hydrogen) atoms. The molecule has 0 amide bonds. The lowest BCUT2D eigenvalue weighted by Gasteiger charge is -2.23. The van der Waals surface area contributed by atoms with E-state index in [0.717, 1.165) is 29.8 Å². The number of aromatic nitrogens is 1. The van der Waals surface area contributed by atoms with Gasteiger partial charge in [-0.3, -0.25) is 0 Å². The van der Waals surface area contributed by atoms with Crippen LogP contribution in [0.3, 0.4) is 0 Å². The summed E-state index contributed by atoms with van der Waals surface area (Å²) in [5.41, 5.74) is 0.235. The highest BCUT2D eigenvalue weighted by atomic mass is 79.9. The van der Waals surface area contributed by atoms with Crippen molar-refractivity contribution in [3.63, 3.8) is 0 Å². The molecule has 1 aromatic heterocycles. The van der Waals surface area contributed by atoms with Gasteiger partial charge in [0, 0.05) is 30.6 Å². The molecule has 2 heterocycles.